The summed E-state index contributed by atoms with van der Waals surface area (Å²) in [5, 5.41) is 8.93. The number of thioether (sulfide) groups is 1. The third kappa shape index (κ3) is 5.50. The summed E-state index contributed by atoms with van der Waals surface area (Å²) in [5.74, 6) is 1.38. The molecule has 0 radical (unpaired) electrons. The molecule has 8 heteroatoms. The van der Waals surface area contributed by atoms with E-state index in [9.17, 15) is 4.79 Å². The van der Waals surface area contributed by atoms with Crippen molar-refractivity contribution < 1.29 is 13.9 Å². The van der Waals surface area contributed by atoms with Crippen LogP contribution >= 0.6 is 23.4 Å². The molecule has 0 spiro atoms. The normalized spacial score (nSPS) is 10.7. The van der Waals surface area contributed by atoms with Crippen LogP contribution in [0.4, 0.5) is 0 Å². The van der Waals surface area contributed by atoms with Gasteiger partial charge in [-0.2, -0.15) is 0 Å². The number of halogens is 1. The van der Waals surface area contributed by atoms with Gasteiger partial charge in [-0.25, -0.2) is 0 Å². The van der Waals surface area contributed by atoms with Gasteiger partial charge >= 0.3 is 0 Å². The summed E-state index contributed by atoms with van der Waals surface area (Å²) in [5.41, 5.74) is 1.77. The predicted octanol–water partition coefficient (Wildman–Crippen LogP) is 4.54. The van der Waals surface area contributed by atoms with E-state index in [1.165, 1.54) is 11.8 Å². The number of carbonyl (C=O) groups excluding carboxylic acids is 1. The Bertz CT molecular complexity index is 930. The van der Waals surface area contributed by atoms with Crippen molar-refractivity contribution in [2.45, 2.75) is 18.7 Å². The van der Waals surface area contributed by atoms with E-state index in [0.717, 1.165) is 16.9 Å². The quantitative estimate of drug-likeness (QED) is 0.501. The predicted molar refractivity (Wildman–Crippen MR) is 110 cm³/mol. The highest BCUT2D eigenvalue weighted by Crippen LogP contribution is 2.25. The van der Waals surface area contributed by atoms with Crippen molar-refractivity contribution in [3.63, 3.8) is 0 Å². The van der Waals surface area contributed by atoms with Crippen LogP contribution in [0.25, 0.3) is 11.5 Å². The van der Waals surface area contributed by atoms with Crippen molar-refractivity contribution in [3.8, 4) is 17.2 Å². The number of ether oxygens (including phenoxy) is 1. The van der Waals surface area contributed by atoms with Gasteiger partial charge in [-0.15, -0.1) is 10.2 Å². The Balaban J connectivity index is 1.52. The fraction of sp³-hybridized carbons (Fsp3) is 0.250. The fourth-order valence-electron chi connectivity index (χ4n) is 2.46. The van der Waals surface area contributed by atoms with Gasteiger partial charge in [-0.3, -0.25) is 4.79 Å². The number of carbonyl (C=O) groups is 1. The molecular weight excluding hydrogens is 398 g/mol. The molecule has 0 saturated carbocycles. The van der Waals surface area contributed by atoms with Gasteiger partial charge < -0.3 is 14.1 Å². The van der Waals surface area contributed by atoms with Gasteiger partial charge in [0, 0.05) is 24.2 Å². The lowest BCUT2D eigenvalue weighted by Gasteiger charge is -2.17. The van der Waals surface area contributed by atoms with Gasteiger partial charge in [0.25, 0.3) is 5.22 Å². The summed E-state index contributed by atoms with van der Waals surface area (Å²) in [7, 11) is 1.77. The number of rotatable bonds is 8. The van der Waals surface area contributed by atoms with Gasteiger partial charge in [0.1, 0.15) is 5.75 Å². The molecule has 146 valence electrons. The number of benzene rings is 2. The largest absolute Gasteiger partial charge is 0.494 e. The van der Waals surface area contributed by atoms with Gasteiger partial charge in [0.15, 0.2) is 0 Å². The smallest absolute Gasteiger partial charge is 0.277 e. The van der Waals surface area contributed by atoms with E-state index in [1.807, 2.05) is 43.3 Å². The van der Waals surface area contributed by atoms with Crippen LogP contribution in [0, 0.1) is 0 Å². The molecule has 3 aromatic rings. The molecule has 6 nitrogen and oxygen atoms in total. The molecule has 28 heavy (non-hydrogen) atoms. The molecule has 0 aliphatic rings. The fourth-order valence-corrected chi connectivity index (χ4v) is 3.35. The molecule has 3 rings (SSSR count). The monoisotopic (exact) mass is 417 g/mol. The average Bonchev–Trinajstić information content (AvgIpc) is 3.17. The molecule has 0 N–H and O–H groups in total. The minimum Gasteiger partial charge on any atom is -0.494 e. The van der Waals surface area contributed by atoms with Gasteiger partial charge in [-0.1, -0.05) is 41.6 Å². The second-order valence-electron chi connectivity index (χ2n) is 6.00. The van der Waals surface area contributed by atoms with Crippen molar-refractivity contribution in [2.24, 2.45) is 0 Å². The van der Waals surface area contributed by atoms with E-state index >= 15 is 0 Å². The third-order valence-electron chi connectivity index (χ3n) is 3.88. The lowest BCUT2D eigenvalue weighted by Crippen LogP contribution is -2.27. The zero-order valence-corrected chi connectivity index (χ0v) is 17.2. The summed E-state index contributed by atoms with van der Waals surface area (Å²) in [6.45, 7) is 3.09. The molecule has 0 fully saturated rings. The summed E-state index contributed by atoms with van der Waals surface area (Å²) < 4.78 is 11.0. The molecule has 0 aliphatic carbocycles. The Kier molecular flexibility index (Phi) is 6.95. The second kappa shape index (κ2) is 9.61. The van der Waals surface area contributed by atoms with E-state index in [1.54, 1.807) is 24.1 Å². The van der Waals surface area contributed by atoms with E-state index in [-0.39, 0.29) is 11.7 Å². The van der Waals surface area contributed by atoms with Crippen LogP contribution in [0.3, 0.4) is 0 Å². The zero-order valence-electron chi connectivity index (χ0n) is 15.6. The van der Waals surface area contributed by atoms with Crippen molar-refractivity contribution in [3.05, 3.63) is 59.1 Å². The molecule has 0 atom stereocenters. The van der Waals surface area contributed by atoms with Crippen molar-refractivity contribution in [2.75, 3.05) is 19.4 Å². The Hall–Kier alpha value is -2.51. The first-order valence-corrected chi connectivity index (χ1v) is 10.1. The number of aromatic nitrogens is 2. The SMILES string of the molecule is CCOc1ccc(CN(C)C(=O)CSc2nnc(-c3cccc(Cl)c3)o2)cc1. The van der Waals surface area contributed by atoms with Crippen LogP contribution in [-0.4, -0.2) is 40.4 Å². The highest BCUT2D eigenvalue weighted by molar-refractivity contribution is 7.99. The van der Waals surface area contributed by atoms with Crippen molar-refractivity contribution in [1.82, 2.24) is 15.1 Å². The molecule has 1 amide bonds. The summed E-state index contributed by atoms with van der Waals surface area (Å²) in [4.78, 5) is 14.0. The Morgan fingerprint density at radius 3 is 2.71 bits per heavy atom. The first-order chi connectivity index (χ1) is 13.5. The molecule has 1 aromatic heterocycles. The van der Waals surface area contributed by atoms with Crippen LogP contribution in [0.5, 0.6) is 5.75 Å². The van der Waals surface area contributed by atoms with E-state index in [0.29, 0.717) is 29.3 Å². The highest BCUT2D eigenvalue weighted by atomic mass is 35.5. The van der Waals surface area contributed by atoms with E-state index in [4.69, 9.17) is 20.8 Å². The lowest BCUT2D eigenvalue weighted by atomic mass is 10.2. The maximum Gasteiger partial charge on any atom is 0.277 e. The molecule has 2 aromatic carbocycles. The van der Waals surface area contributed by atoms with Crippen molar-refractivity contribution >= 4 is 29.3 Å². The van der Waals surface area contributed by atoms with E-state index in [2.05, 4.69) is 10.2 Å². The highest BCUT2D eigenvalue weighted by Gasteiger charge is 2.14. The Morgan fingerprint density at radius 1 is 1.21 bits per heavy atom. The number of nitrogens with zero attached hydrogens (tertiary/aromatic N) is 3. The maximum atomic E-state index is 12.4. The third-order valence-corrected chi connectivity index (χ3v) is 4.92. The molecular formula is C20H20ClN3O3S. The molecule has 0 unspecified atom stereocenters. The molecule has 1 heterocycles. The van der Waals surface area contributed by atoms with Gasteiger partial charge in [0.2, 0.25) is 11.8 Å². The van der Waals surface area contributed by atoms with Crippen LogP contribution < -0.4 is 4.74 Å². The maximum absolute atomic E-state index is 12.4. The number of amides is 1. The molecule has 0 saturated heterocycles. The second-order valence-corrected chi connectivity index (χ2v) is 7.36. The van der Waals surface area contributed by atoms with Crippen molar-refractivity contribution in [1.29, 1.82) is 0 Å². The van der Waals surface area contributed by atoms with Gasteiger partial charge in [-0.05, 0) is 42.8 Å². The topological polar surface area (TPSA) is 68.5 Å². The Morgan fingerprint density at radius 2 is 2.00 bits per heavy atom. The summed E-state index contributed by atoms with van der Waals surface area (Å²) in [6, 6.07) is 14.9. The molecule has 0 bridgehead atoms. The van der Waals surface area contributed by atoms with Crippen LogP contribution in [0.15, 0.2) is 58.2 Å². The average molecular weight is 418 g/mol. The van der Waals surface area contributed by atoms with Crippen LogP contribution in [0.1, 0.15) is 12.5 Å². The van der Waals surface area contributed by atoms with Gasteiger partial charge in [0.05, 0.1) is 12.4 Å². The molecule has 0 aliphatic heterocycles. The standard InChI is InChI=1S/C20H20ClN3O3S/c1-3-26-17-9-7-14(8-10-17)12-24(2)18(25)13-28-20-23-22-19(27-20)15-5-4-6-16(21)11-15/h4-11H,3,12-13H2,1-2H3. The minimum atomic E-state index is -0.0265. The summed E-state index contributed by atoms with van der Waals surface area (Å²) >= 11 is 7.19. The van der Waals surface area contributed by atoms with Crippen LogP contribution in [-0.2, 0) is 11.3 Å². The minimum absolute atomic E-state index is 0.0265. The first-order valence-electron chi connectivity index (χ1n) is 8.73. The number of hydrogen-bond acceptors (Lipinski definition) is 6. The zero-order chi connectivity index (χ0) is 19.9. The summed E-state index contributed by atoms with van der Waals surface area (Å²) in [6.07, 6.45) is 0. The number of hydrogen-bond donors (Lipinski definition) is 0. The Labute approximate surface area is 172 Å². The van der Waals surface area contributed by atoms with E-state index < -0.39 is 0 Å². The lowest BCUT2D eigenvalue weighted by molar-refractivity contribution is -0.127. The first kappa shape index (κ1) is 20.2. The van der Waals surface area contributed by atoms with Crippen LogP contribution in [0.2, 0.25) is 5.02 Å².